The van der Waals surface area contributed by atoms with Crippen molar-refractivity contribution < 1.29 is 14.6 Å². The van der Waals surface area contributed by atoms with Crippen LogP contribution in [0.3, 0.4) is 0 Å². The maximum atomic E-state index is 10.9. The van der Waals surface area contributed by atoms with Gasteiger partial charge in [-0.05, 0) is 23.8 Å². The highest BCUT2D eigenvalue weighted by molar-refractivity contribution is 7.17. The number of carboxylic acid groups (broad SMARTS) is 1. The molecule has 0 aliphatic rings. The highest BCUT2D eigenvalue weighted by Crippen LogP contribution is 2.37. The normalized spacial score (nSPS) is 11.2. The molecule has 0 amide bonds. The van der Waals surface area contributed by atoms with Crippen LogP contribution in [-0.2, 0) is 11.2 Å². The lowest BCUT2D eigenvalue weighted by Crippen LogP contribution is -1.97. The Labute approximate surface area is 148 Å². The third-order valence-corrected chi connectivity index (χ3v) is 4.97. The molecule has 2 aromatic carbocycles. The standard InChI is InChI=1S/C19H16N2O3S/c1-2-24-16-8-7-12-5-3-4-6-14(12)18(16)15-11-21-10-13(9-17(22)23)25-19(21)20-15/h3-8,10-11H,2,9H2,1H3,(H,22,23). The van der Waals surface area contributed by atoms with Crippen molar-refractivity contribution in [3.05, 3.63) is 53.7 Å². The van der Waals surface area contributed by atoms with E-state index in [-0.39, 0.29) is 6.42 Å². The zero-order chi connectivity index (χ0) is 17.4. The number of thiazole rings is 1. The molecule has 0 aliphatic heterocycles. The molecular formula is C19H16N2O3S. The molecular weight excluding hydrogens is 336 g/mol. The highest BCUT2D eigenvalue weighted by Gasteiger charge is 2.16. The fourth-order valence-corrected chi connectivity index (χ4v) is 3.94. The molecule has 0 fully saturated rings. The topological polar surface area (TPSA) is 63.8 Å². The maximum absolute atomic E-state index is 10.9. The molecule has 1 N–H and O–H groups in total. The van der Waals surface area contributed by atoms with E-state index in [2.05, 4.69) is 12.1 Å². The number of rotatable bonds is 5. The van der Waals surface area contributed by atoms with Crippen LogP contribution >= 0.6 is 11.3 Å². The quantitative estimate of drug-likeness (QED) is 0.583. The molecule has 0 saturated heterocycles. The largest absolute Gasteiger partial charge is 0.493 e. The zero-order valence-corrected chi connectivity index (χ0v) is 14.4. The summed E-state index contributed by atoms with van der Waals surface area (Å²) in [6.07, 6.45) is 3.78. The molecule has 126 valence electrons. The Morgan fingerprint density at radius 3 is 2.84 bits per heavy atom. The fraction of sp³-hybridized carbons (Fsp3) is 0.158. The van der Waals surface area contributed by atoms with E-state index < -0.39 is 5.97 Å². The summed E-state index contributed by atoms with van der Waals surface area (Å²) in [7, 11) is 0. The molecule has 0 aliphatic carbocycles. The van der Waals surface area contributed by atoms with E-state index in [4.69, 9.17) is 14.8 Å². The van der Waals surface area contributed by atoms with Crippen LogP contribution in [-0.4, -0.2) is 27.1 Å². The van der Waals surface area contributed by atoms with Crippen molar-refractivity contribution in [3.8, 4) is 17.0 Å². The van der Waals surface area contributed by atoms with E-state index in [1.165, 1.54) is 11.3 Å². The van der Waals surface area contributed by atoms with E-state index in [0.717, 1.165) is 37.6 Å². The number of nitrogens with zero attached hydrogens (tertiary/aromatic N) is 2. The average Bonchev–Trinajstić information content (AvgIpc) is 3.12. The third kappa shape index (κ3) is 2.85. The molecule has 2 aromatic heterocycles. The van der Waals surface area contributed by atoms with Crippen LogP contribution in [0.5, 0.6) is 5.75 Å². The molecule has 25 heavy (non-hydrogen) atoms. The van der Waals surface area contributed by atoms with Crippen molar-refractivity contribution >= 4 is 33.0 Å². The molecule has 2 heterocycles. The van der Waals surface area contributed by atoms with Gasteiger partial charge in [-0.1, -0.05) is 30.3 Å². The van der Waals surface area contributed by atoms with Gasteiger partial charge in [-0.2, -0.15) is 0 Å². The predicted octanol–water partition coefficient (Wildman–Crippen LogP) is 4.24. The van der Waals surface area contributed by atoms with E-state index >= 15 is 0 Å². The average molecular weight is 352 g/mol. The highest BCUT2D eigenvalue weighted by atomic mass is 32.1. The number of ether oxygens (including phenoxy) is 1. The van der Waals surface area contributed by atoms with Gasteiger partial charge in [0.15, 0.2) is 4.96 Å². The van der Waals surface area contributed by atoms with Crippen LogP contribution in [0.25, 0.3) is 27.0 Å². The smallest absolute Gasteiger partial charge is 0.308 e. The van der Waals surface area contributed by atoms with Crippen LogP contribution in [0.2, 0.25) is 0 Å². The summed E-state index contributed by atoms with van der Waals surface area (Å²) in [5.74, 6) is -0.0323. The first-order valence-corrected chi connectivity index (χ1v) is 8.81. The van der Waals surface area contributed by atoms with Gasteiger partial charge in [-0.15, -0.1) is 11.3 Å². The van der Waals surface area contributed by atoms with Crippen LogP contribution in [0.15, 0.2) is 48.8 Å². The van der Waals surface area contributed by atoms with Gasteiger partial charge < -0.3 is 9.84 Å². The Balaban J connectivity index is 1.88. The first-order chi connectivity index (χ1) is 12.2. The number of imidazole rings is 1. The Morgan fingerprint density at radius 2 is 2.08 bits per heavy atom. The predicted molar refractivity (Wildman–Crippen MR) is 98.5 cm³/mol. The van der Waals surface area contributed by atoms with E-state index in [0.29, 0.717) is 6.61 Å². The summed E-state index contributed by atoms with van der Waals surface area (Å²) in [6.45, 7) is 2.54. The van der Waals surface area contributed by atoms with Crippen LogP contribution < -0.4 is 4.74 Å². The number of hydrogen-bond donors (Lipinski definition) is 1. The van der Waals surface area contributed by atoms with Gasteiger partial charge in [-0.25, -0.2) is 4.98 Å². The monoisotopic (exact) mass is 352 g/mol. The van der Waals surface area contributed by atoms with Gasteiger partial charge in [0.1, 0.15) is 5.75 Å². The van der Waals surface area contributed by atoms with Crippen molar-refractivity contribution in [1.82, 2.24) is 9.38 Å². The van der Waals surface area contributed by atoms with Crippen molar-refractivity contribution in [2.75, 3.05) is 6.61 Å². The molecule has 0 bridgehead atoms. The molecule has 0 unspecified atom stereocenters. The zero-order valence-electron chi connectivity index (χ0n) is 13.6. The van der Waals surface area contributed by atoms with Crippen molar-refractivity contribution in [2.24, 2.45) is 0 Å². The van der Waals surface area contributed by atoms with Gasteiger partial charge in [0.25, 0.3) is 0 Å². The van der Waals surface area contributed by atoms with Crippen LogP contribution in [0.1, 0.15) is 11.8 Å². The van der Waals surface area contributed by atoms with Crippen molar-refractivity contribution in [3.63, 3.8) is 0 Å². The lowest BCUT2D eigenvalue weighted by atomic mass is 10.0. The minimum atomic E-state index is -0.836. The molecule has 0 atom stereocenters. The fourth-order valence-electron chi connectivity index (χ4n) is 2.99. The lowest BCUT2D eigenvalue weighted by molar-refractivity contribution is -0.136. The number of hydrogen-bond acceptors (Lipinski definition) is 4. The number of benzene rings is 2. The Morgan fingerprint density at radius 1 is 1.24 bits per heavy atom. The Bertz CT molecular complexity index is 1050. The summed E-state index contributed by atoms with van der Waals surface area (Å²) >= 11 is 1.40. The molecule has 4 rings (SSSR count). The summed E-state index contributed by atoms with van der Waals surface area (Å²) < 4.78 is 7.71. The minimum Gasteiger partial charge on any atom is -0.493 e. The third-order valence-electron chi connectivity index (χ3n) is 3.98. The van der Waals surface area contributed by atoms with Crippen molar-refractivity contribution in [2.45, 2.75) is 13.3 Å². The second kappa shape index (κ2) is 6.22. The molecule has 4 aromatic rings. The van der Waals surface area contributed by atoms with Gasteiger partial charge in [-0.3, -0.25) is 9.20 Å². The molecule has 5 nitrogen and oxygen atoms in total. The second-order valence-corrected chi connectivity index (χ2v) is 6.77. The maximum Gasteiger partial charge on any atom is 0.308 e. The number of aliphatic carboxylic acids is 1. The number of carbonyl (C=O) groups is 1. The molecule has 0 saturated carbocycles. The Kier molecular flexibility index (Phi) is 3.89. The van der Waals surface area contributed by atoms with E-state index in [9.17, 15) is 4.79 Å². The summed E-state index contributed by atoms with van der Waals surface area (Å²) in [4.78, 5) is 17.2. The molecule has 0 spiro atoms. The Hall–Kier alpha value is -2.86. The SMILES string of the molecule is CCOc1ccc2ccccc2c1-c1cn2cc(CC(=O)O)sc2n1. The first kappa shape index (κ1) is 15.7. The lowest BCUT2D eigenvalue weighted by Gasteiger charge is -2.11. The minimum absolute atomic E-state index is 0.0157. The van der Waals surface area contributed by atoms with Gasteiger partial charge >= 0.3 is 5.97 Å². The number of aromatic nitrogens is 2. The van der Waals surface area contributed by atoms with E-state index in [1.54, 1.807) is 0 Å². The van der Waals surface area contributed by atoms with Gasteiger partial charge in [0.05, 0.1) is 24.3 Å². The number of carboxylic acids is 1. The first-order valence-electron chi connectivity index (χ1n) is 8.00. The van der Waals surface area contributed by atoms with Crippen LogP contribution in [0, 0.1) is 0 Å². The summed E-state index contributed by atoms with van der Waals surface area (Å²) in [6, 6.07) is 12.2. The molecule has 6 heteroatoms. The summed E-state index contributed by atoms with van der Waals surface area (Å²) in [5.41, 5.74) is 1.80. The summed E-state index contributed by atoms with van der Waals surface area (Å²) in [5, 5.41) is 11.2. The van der Waals surface area contributed by atoms with Gasteiger partial charge in [0.2, 0.25) is 0 Å². The van der Waals surface area contributed by atoms with Gasteiger partial charge in [0, 0.05) is 17.3 Å². The second-order valence-electron chi connectivity index (χ2n) is 5.68. The molecule has 0 radical (unpaired) electrons. The van der Waals surface area contributed by atoms with Crippen molar-refractivity contribution in [1.29, 1.82) is 0 Å². The van der Waals surface area contributed by atoms with Crippen LogP contribution in [0.4, 0.5) is 0 Å². The number of fused-ring (bicyclic) bond motifs is 2. The van der Waals surface area contributed by atoms with E-state index in [1.807, 2.05) is 48.0 Å².